The first kappa shape index (κ1) is 12.2. The largest absolute Gasteiger partial charge is 0.396 e. The summed E-state index contributed by atoms with van der Waals surface area (Å²) in [7, 11) is 0. The molecule has 1 heteroatoms. The average Bonchev–Trinajstić information content (AvgIpc) is 2.28. The minimum atomic E-state index is 0.356. The molecule has 1 saturated carbocycles. The number of aliphatic hydroxyl groups is 1. The van der Waals surface area contributed by atoms with E-state index in [4.69, 9.17) is 0 Å². The molecule has 1 N–H and O–H groups in total. The van der Waals surface area contributed by atoms with E-state index in [-0.39, 0.29) is 0 Å². The normalized spacial score (nSPS) is 41.1. The molecule has 0 spiro atoms. The van der Waals surface area contributed by atoms with Gasteiger partial charge in [-0.15, -0.1) is 0 Å². The topological polar surface area (TPSA) is 20.2 Å². The highest BCUT2D eigenvalue weighted by molar-refractivity contribution is 5.11. The van der Waals surface area contributed by atoms with Crippen LogP contribution < -0.4 is 0 Å². The van der Waals surface area contributed by atoms with Crippen LogP contribution in [0.3, 0.4) is 0 Å². The maximum Gasteiger partial charge on any atom is 0.0459 e. The monoisotopic (exact) mass is 222 g/mol. The van der Waals surface area contributed by atoms with Gasteiger partial charge >= 0.3 is 0 Å². The SMILES string of the molecule is CC1=CC2C([C@@H](C)CO)CC[C@@H](C)[C@@H]2CC1. The standard InChI is InChI=1S/C15H26O/c1-10-4-6-13-11(2)5-7-14(12(3)9-16)15(13)8-10/h8,11-16H,4-7,9H2,1-3H3/t11-,12+,13+,14?,15?/m1/s1. The third-order valence-corrected chi connectivity index (χ3v) is 5.04. The Bertz CT molecular complexity index is 269. The Morgan fingerprint density at radius 1 is 1.38 bits per heavy atom. The average molecular weight is 222 g/mol. The maximum absolute atomic E-state index is 9.39. The third kappa shape index (κ3) is 2.20. The van der Waals surface area contributed by atoms with E-state index in [0.29, 0.717) is 12.5 Å². The van der Waals surface area contributed by atoms with Crippen molar-refractivity contribution in [1.29, 1.82) is 0 Å². The first-order valence-electron chi connectivity index (χ1n) is 6.91. The zero-order valence-electron chi connectivity index (χ0n) is 10.9. The molecule has 0 aromatic rings. The van der Waals surface area contributed by atoms with Gasteiger partial charge < -0.3 is 5.11 Å². The molecule has 0 aliphatic heterocycles. The van der Waals surface area contributed by atoms with Gasteiger partial charge in [0.05, 0.1) is 0 Å². The molecular formula is C15H26O. The molecule has 2 rings (SSSR count). The molecular weight excluding hydrogens is 196 g/mol. The van der Waals surface area contributed by atoms with Gasteiger partial charge in [-0.2, -0.15) is 0 Å². The summed E-state index contributed by atoms with van der Waals surface area (Å²) in [5.41, 5.74) is 1.57. The van der Waals surface area contributed by atoms with E-state index < -0.39 is 0 Å². The van der Waals surface area contributed by atoms with Crippen LogP contribution in [0.2, 0.25) is 0 Å². The number of rotatable bonds is 2. The fourth-order valence-electron chi connectivity index (χ4n) is 3.89. The zero-order valence-corrected chi connectivity index (χ0v) is 10.9. The summed E-state index contributed by atoms with van der Waals surface area (Å²) in [6.45, 7) is 7.27. The van der Waals surface area contributed by atoms with Gasteiger partial charge in [0, 0.05) is 6.61 Å². The molecule has 0 bridgehead atoms. The van der Waals surface area contributed by atoms with Crippen LogP contribution in [0, 0.1) is 29.6 Å². The van der Waals surface area contributed by atoms with Crippen molar-refractivity contribution >= 4 is 0 Å². The number of allylic oxidation sites excluding steroid dienone is 2. The van der Waals surface area contributed by atoms with E-state index in [0.717, 1.165) is 23.7 Å². The first-order valence-corrected chi connectivity index (χ1v) is 6.91. The maximum atomic E-state index is 9.39. The van der Waals surface area contributed by atoms with E-state index in [1.807, 2.05) is 0 Å². The Hall–Kier alpha value is -0.300. The summed E-state index contributed by atoms with van der Waals surface area (Å²) in [6.07, 6.45) is 7.88. The van der Waals surface area contributed by atoms with Gasteiger partial charge in [-0.25, -0.2) is 0 Å². The van der Waals surface area contributed by atoms with Crippen molar-refractivity contribution in [2.24, 2.45) is 29.6 Å². The van der Waals surface area contributed by atoms with E-state index in [9.17, 15) is 5.11 Å². The number of aliphatic hydroxyl groups excluding tert-OH is 1. The van der Waals surface area contributed by atoms with Crippen molar-refractivity contribution in [3.63, 3.8) is 0 Å². The van der Waals surface area contributed by atoms with Gasteiger partial charge in [0.2, 0.25) is 0 Å². The summed E-state index contributed by atoms with van der Waals surface area (Å²) in [5.74, 6) is 3.72. The molecule has 16 heavy (non-hydrogen) atoms. The molecule has 5 atom stereocenters. The molecule has 2 aliphatic carbocycles. The predicted molar refractivity (Wildman–Crippen MR) is 68.1 cm³/mol. The predicted octanol–water partition coefficient (Wildman–Crippen LogP) is 3.63. The highest BCUT2D eigenvalue weighted by Gasteiger charge is 2.39. The summed E-state index contributed by atoms with van der Waals surface area (Å²) in [5, 5.41) is 9.39. The van der Waals surface area contributed by atoms with Crippen molar-refractivity contribution in [1.82, 2.24) is 0 Å². The van der Waals surface area contributed by atoms with Crippen molar-refractivity contribution in [3.05, 3.63) is 11.6 Å². The Morgan fingerprint density at radius 2 is 2.12 bits per heavy atom. The van der Waals surface area contributed by atoms with Gasteiger partial charge in [-0.1, -0.05) is 31.9 Å². The molecule has 1 nitrogen and oxygen atoms in total. The molecule has 2 aliphatic rings. The summed E-state index contributed by atoms with van der Waals surface area (Å²) in [6, 6.07) is 0. The third-order valence-electron chi connectivity index (χ3n) is 5.04. The van der Waals surface area contributed by atoms with E-state index in [1.54, 1.807) is 5.57 Å². The fourth-order valence-corrected chi connectivity index (χ4v) is 3.89. The molecule has 0 saturated heterocycles. The molecule has 0 heterocycles. The van der Waals surface area contributed by atoms with Gasteiger partial charge in [0.15, 0.2) is 0 Å². The van der Waals surface area contributed by atoms with E-state index in [1.165, 1.54) is 25.7 Å². The Labute approximate surface area is 99.9 Å². The summed E-state index contributed by atoms with van der Waals surface area (Å²) < 4.78 is 0. The lowest BCUT2D eigenvalue weighted by atomic mass is 9.60. The smallest absolute Gasteiger partial charge is 0.0459 e. The molecule has 0 aromatic carbocycles. The lowest BCUT2D eigenvalue weighted by molar-refractivity contribution is 0.0590. The molecule has 1 fully saturated rings. The molecule has 92 valence electrons. The number of fused-ring (bicyclic) bond motifs is 1. The van der Waals surface area contributed by atoms with Crippen LogP contribution in [0.4, 0.5) is 0 Å². The first-order chi connectivity index (χ1) is 7.63. The lowest BCUT2D eigenvalue weighted by Gasteiger charge is -2.45. The fraction of sp³-hybridized carbons (Fsp3) is 0.867. The Morgan fingerprint density at radius 3 is 2.81 bits per heavy atom. The molecule has 0 amide bonds. The van der Waals surface area contributed by atoms with Crippen molar-refractivity contribution in [3.8, 4) is 0 Å². The number of hydrogen-bond acceptors (Lipinski definition) is 1. The van der Waals surface area contributed by atoms with Crippen LogP contribution in [0.1, 0.15) is 46.5 Å². The van der Waals surface area contributed by atoms with Crippen LogP contribution in [0.5, 0.6) is 0 Å². The Kier molecular flexibility index (Phi) is 3.73. The molecule has 0 aromatic heterocycles. The molecule has 2 unspecified atom stereocenters. The summed E-state index contributed by atoms with van der Waals surface area (Å²) >= 11 is 0. The quantitative estimate of drug-likeness (QED) is 0.707. The zero-order chi connectivity index (χ0) is 11.7. The second kappa shape index (κ2) is 4.91. The highest BCUT2D eigenvalue weighted by Crippen LogP contribution is 2.47. The van der Waals surface area contributed by atoms with Crippen molar-refractivity contribution in [2.75, 3.05) is 6.61 Å². The Balaban J connectivity index is 2.18. The number of hydrogen-bond donors (Lipinski definition) is 1. The van der Waals surface area contributed by atoms with E-state index >= 15 is 0 Å². The minimum absolute atomic E-state index is 0.356. The minimum Gasteiger partial charge on any atom is -0.396 e. The second-order valence-electron chi connectivity index (χ2n) is 6.17. The second-order valence-corrected chi connectivity index (χ2v) is 6.17. The highest BCUT2D eigenvalue weighted by atomic mass is 16.3. The van der Waals surface area contributed by atoms with E-state index in [2.05, 4.69) is 26.8 Å². The lowest BCUT2D eigenvalue weighted by Crippen LogP contribution is -2.38. The van der Waals surface area contributed by atoms with Gasteiger partial charge in [0.1, 0.15) is 0 Å². The van der Waals surface area contributed by atoms with Crippen LogP contribution >= 0.6 is 0 Å². The van der Waals surface area contributed by atoms with Crippen molar-refractivity contribution in [2.45, 2.75) is 46.5 Å². The summed E-state index contributed by atoms with van der Waals surface area (Å²) in [4.78, 5) is 0. The molecule has 0 radical (unpaired) electrons. The van der Waals surface area contributed by atoms with Gasteiger partial charge in [-0.3, -0.25) is 0 Å². The van der Waals surface area contributed by atoms with Gasteiger partial charge in [-0.05, 0) is 55.8 Å². The van der Waals surface area contributed by atoms with Crippen LogP contribution in [0.25, 0.3) is 0 Å². The van der Waals surface area contributed by atoms with Crippen LogP contribution in [0.15, 0.2) is 11.6 Å². The van der Waals surface area contributed by atoms with Crippen molar-refractivity contribution < 1.29 is 5.11 Å². The van der Waals surface area contributed by atoms with Crippen LogP contribution in [-0.2, 0) is 0 Å². The van der Waals surface area contributed by atoms with Crippen LogP contribution in [-0.4, -0.2) is 11.7 Å². The van der Waals surface area contributed by atoms with Gasteiger partial charge in [0.25, 0.3) is 0 Å².